The molecule has 0 radical (unpaired) electrons. The van der Waals surface area contributed by atoms with E-state index in [-0.39, 0.29) is 34.1 Å². The highest BCUT2D eigenvalue weighted by atomic mass is 35.5. The molecule has 6 heterocycles. The molecule has 6 rings (SSSR count). The molecular formula is C22H24ClF2N5O3. The lowest BCUT2D eigenvalue weighted by molar-refractivity contribution is 0.108. The molecule has 2 aromatic heterocycles. The van der Waals surface area contributed by atoms with Crippen LogP contribution < -0.4 is 14.4 Å². The van der Waals surface area contributed by atoms with Gasteiger partial charge in [0.1, 0.15) is 29.9 Å². The fraction of sp³-hybridized carbons (Fsp3) is 0.591. The SMILES string of the molecule is F/C=C1\CN2CCC[C@@]2(COc2nc3c4c(nc(Cl)c(F)c4n2)OC[C@@H]2COCCCN32)C1. The Labute approximate surface area is 194 Å². The van der Waals surface area contributed by atoms with Gasteiger partial charge in [0.15, 0.2) is 11.0 Å². The molecule has 33 heavy (non-hydrogen) atoms. The molecule has 3 saturated heterocycles. The topological polar surface area (TPSA) is 72.8 Å². The number of nitrogens with zero attached hydrogens (tertiary/aromatic N) is 5. The summed E-state index contributed by atoms with van der Waals surface area (Å²) in [5, 5.41) is 0.0772. The van der Waals surface area contributed by atoms with E-state index in [1.54, 1.807) is 0 Å². The number of fused-ring (bicyclic) bond motifs is 3. The second kappa shape index (κ2) is 8.18. The van der Waals surface area contributed by atoms with Crippen molar-refractivity contribution in [2.45, 2.75) is 37.3 Å². The number of halogens is 3. The highest BCUT2D eigenvalue weighted by Gasteiger charge is 2.47. The summed E-state index contributed by atoms with van der Waals surface area (Å²) in [6, 6.07) is -0.0418. The van der Waals surface area contributed by atoms with Crippen molar-refractivity contribution in [2.75, 3.05) is 51.0 Å². The van der Waals surface area contributed by atoms with Crippen molar-refractivity contribution >= 4 is 28.3 Å². The van der Waals surface area contributed by atoms with Crippen molar-refractivity contribution in [3.63, 3.8) is 0 Å². The van der Waals surface area contributed by atoms with E-state index < -0.39 is 5.82 Å². The van der Waals surface area contributed by atoms with Crippen LogP contribution in [0.3, 0.4) is 0 Å². The largest absolute Gasteiger partial charge is 0.475 e. The van der Waals surface area contributed by atoms with Crippen molar-refractivity contribution in [1.82, 2.24) is 19.9 Å². The van der Waals surface area contributed by atoms with Crippen molar-refractivity contribution < 1.29 is 23.0 Å². The monoisotopic (exact) mass is 479 g/mol. The maximum atomic E-state index is 15.1. The number of rotatable bonds is 3. The smallest absolute Gasteiger partial charge is 0.319 e. The van der Waals surface area contributed by atoms with Gasteiger partial charge in [-0.05, 0) is 37.8 Å². The molecule has 0 N–H and O–H groups in total. The van der Waals surface area contributed by atoms with Crippen LogP contribution >= 0.6 is 11.6 Å². The zero-order valence-corrected chi connectivity index (χ0v) is 18.8. The van der Waals surface area contributed by atoms with E-state index in [2.05, 4.69) is 19.8 Å². The summed E-state index contributed by atoms with van der Waals surface area (Å²) in [5.74, 6) is -0.0149. The summed E-state index contributed by atoms with van der Waals surface area (Å²) in [5.41, 5.74) is 0.501. The van der Waals surface area contributed by atoms with Gasteiger partial charge >= 0.3 is 6.01 Å². The first-order valence-electron chi connectivity index (χ1n) is 11.3. The number of ether oxygens (including phenoxy) is 3. The van der Waals surface area contributed by atoms with Crippen molar-refractivity contribution in [1.29, 1.82) is 0 Å². The van der Waals surface area contributed by atoms with Crippen LogP contribution in [0.5, 0.6) is 11.9 Å². The first-order valence-corrected chi connectivity index (χ1v) is 11.7. The van der Waals surface area contributed by atoms with Crippen LogP contribution in [0, 0.1) is 5.82 Å². The van der Waals surface area contributed by atoms with Crippen LogP contribution in [0.25, 0.3) is 10.9 Å². The Bertz CT molecular complexity index is 1140. The molecule has 0 bridgehead atoms. The molecule has 0 saturated carbocycles. The molecule has 11 heteroatoms. The van der Waals surface area contributed by atoms with Gasteiger partial charge in [-0.2, -0.15) is 15.0 Å². The van der Waals surface area contributed by atoms with E-state index >= 15 is 4.39 Å². The van der Waals surface area contributed by atoms with E-state index in [1.165, 1.54) is 0 Å². The molecule has 2 atom stereocenters. The molecule has 4 aliphatic heterocycles. The van der Waals surface area contributed by atoms with Crippen molar-refractivity contribution in [3.05, 3.63) is 22.9 Å². The number of hydrogen-bond donors (Lipinski definition) is 0. The minimum absolute atomic E-state index is 0.0207. The van der Waals surface area contributed by atoms with Crippen LogP contribution in [0.4, 0.5) is 14.6 Å². The summed E-state index contributed by atoms with van der Waals surface area (Å²) in [6.45, 7) is 3.88. The second-order valence-electron chi connectivity index (χ2n) is 9.14. The van der Waals surface area contributed by atoms with E-state index in [0.717, 1.165) is 31.4 Å². The first kappa shape index (κ1) is 21.2. The highest BCUT2D eigenvalue weighted by Crippen LogP contribution is 2.43. The van der Waals surface area contributed by atoms with Gasteiger partial charge < -0.3 is 19.1 Å². The highest BCUT2D eigenvalue weighted by molar-refractivity contribution is 6.30. The van der Waals surface area contributed by atoms with Gasteiger partial charge in [0.25, 0.3) is 0 Å². The normalized spacial score (nSPS) is 28.4. The van der Waals surface area contributed by atoms with E-state index in [0.29, 0.717) is 63.5 Å². The summed E-state index contributed by atoms with van der Waals surface area (Å²) < 4.78 is 46.0. The molecule has 0 spiro atoms. The Hall–Kier alpha value is -2.30. The average molecular weight is 480 g/mol. The number of hydrogen-bond acceptors (Lipinski definition) is 8. The lowest BCUT2D eigenvalue weighted by Crippen LogP contribution is -2.43. The first-order chi connectivity index (χ1) is 16.1. The molecule has 8 nitrogen and oxygen atoms in total. The summed E-state index contributed by atoms with van der Waals surface area (Å²) in [6.07, 6.45) is 4.04. The van der Waals surface area contributed by atoms with Gasteiger partial charge in [0.2, 0.25) is 5.88 Å². The van der Waals surface area contributed by atoms with E-state index in [4.69, 9.17) is 30.8 Å². The van der Waals surface area contributed by atoms with Crippen LogP contribution in [-0.4, -0.2) is 77.5 Å². The maximum absolute atomic E-state index is 15.1. The van der Waals surface area contributed by atoms with Gasteiger partial charge in [-0.15, -0.1) is 0 Å². The maximum Gasteiger partial charge on any atom is 0.319 e. The minimum atomic E-state index is -0.735. The summed E-state index contributed by atoms with van der Waals surface area (Å²) >= 11 is 6.06. The minimum Gasteiger partial charge on any atom is -0.475 e. The third-order valence-corrected chi connectivity index (χ3v) is 7.36. The fourth-order valence-corrected chi connectivity index (χ4v) is 5.69. The Morgan fingerprint density at radius 2 is 2.12 bits per heavy atom. The lowest BCUT2D eigenvalue weighted by atomic mass is 9.94. The molecule has 0 aliphatic carbocycles. The van der Waals surface area contributed by atoms with Crippen molar-refractivity contribution in [2.24, 2.45) is 0 Å². The molecule has 3 fully saturated rings. The molecule has 0 aromatic carbocycles. The van der Waals surface area contributed by atoms with Gasteiger partial charge in [-0.3, -0.25) is 4.90 Å². The third-order valence-electron chi connectivity index (χ3n) is 7.11. The van der Waals surface area contributed by atoms with Crippen LogP contribution in [0.15, 0.2) is 11.9 Å². The quantitative estimate of drug-likeness (QED) is 0.621. The van der Waals surface area contributed by atoms with E-state index in [1.807, 2.05) is 0 Å². The van der Waals surface area contributed by atoms with Gasteiger partial charge in [0.05, 0.1) is 24.5 Å². The van der Waals surface area contributed by atoms with Crippen LogP contribution in [-0.2, 0) is 4.74 Å². The predicted molar refractivity (Wildman–Crippen MR) is 117 cm³/mol. The third kappa shape index (κ3) is 3.50. The molecule has 0 amide bonds. The lowest BCUT2D eigenvalue weighted by Gasteiger charge is -2.31. The molecule has 0 unspecified atom stereocenters. The van der Waals surface area contributed by atoms with Crippen LogP contribution in [0.2, 0.25) is 5.15 Å². The molecule has 176 valence electrons. The number of aromatic nitrogens is 3. The van der Waals surface area contributed by atoms with Crippen LogP contribution in [0.1, 0.15) is 25.7 Å². The Balaban J connectivity index is 1.41. The number of anilines is 1. The zero-order valence-electron chi connectivity index (χ0n) is 18.0. The standard InChI is InChI=1S/C22H24ClF2N5O3/c23-18-16(25)17-15-19(30-5-2-6-31-10-14(30)11-32-20(15)27-18)28-21(26-17)33-12-22-3-1-4-29(22)9-13(7-22)8-24/h8,14H,1-7,9-12H2/b13-8-/t14-,22-/m0/s1. The zero-order chi connectivity index (χ0) is 22.6. The predicted octanol–water partition coefficient (Wildman–Crippen LogP) is 3.28. The van der Waals surface area contributed by atoms with Gasteiger partial charge in [-0.25, -0.2) is 8.78 Å². The average Bonchev–Trinajstić information content (AvgIpc) is 3.21. The summed E-state index contributed by atoms with van der Waals surface area (Å²) in [7, 11) is 0. The molecule has 2 aromatic rings. The van der Waals surface area contributed by atoms with Crippen molar-refractivity contribution in [3.8, 4) is 11.9 Å². The van der Waals surface area contributed by atoms with Gasteiger partial charge in [0, 0.05) is 19.7 Å². The summed E-state index contributed by atoms with van der Waals surface area (Å²) in [4.78, 5) is 17.5. The fourth-order valence-electron chi connectivity index (χ4n) is 5.53. The Kier molecular flexibility index (Phi) is 5.26. The molecular weight excluding hydrogens is 456 g/mol. The Morgan fingerprint density at radius 1 is 1.21 bits per heavy atom. The Morgan fingerprint density at radius 3 is 3.00 bits per heavy atom. The van der Waals surface area contributed by atoms with Gasteiger partial charge in [-0.1, -0.05) is 11.6 Å². The second-order valence-corrected chi connectivity index (χ2v) is 9.50. The molecule has 4 aliphatic rings. The number of pyridine rings is 1. The van der Waals surface area contributed by atoms with E-state index in [9.17, 15) is 4.39 Å².